The summed E-state index contributed by atoms with van der Waals surface area (Å²) in [5, 5.41) is 2.59. The summed E-state index contributed by atoms with van der Waals surface area (Å²) in [4.78, 5) is 25.6. The van der Waals surface area contributed by atoms with Crippen LogP contribution in [0.5, 0.6) is 0 Å². The molecule has 0 unspecified atom stereocenters. The summed E-state index contributed by atoms with van der Waals surface area (Å²) in [5.74, 6) is -0.514. The van der Waals surface area contributed by atoms with E-state index in [9.17, 15) is 18.0 Å². The van der Waals surface area contributed by atoms with E-state index in [4.69, 9.17) is 0 Å². The largest absolute Gasteiger partial charge is 0.335 e. The summed E-state index contributed by atoms with van der Waals surface area (Å²) in [5.41, 5.74) is 1.48. The van der Waals surface area contributed by atoms with Gasteiger partial charge in [0.05, 0.1) is 11.4 Å². The first-order valence-corrected chi connectivity index (χ1v) is 10.7. The molecule has 2 aromatic carbocycles. The van der Waals surface area contributed by atoms with Crippen LogP contribution >= 0.6 is 0 Å². The molecule has 0 atom stereocenters. The van der Waals surface area contributed by atoms with Gasteiger partial charge in [-0.3, -0.25) is 9.59 Å². The van der Waals surface area contributed by atoms with Crippen molar-refractivity contribution in [1.82, 2.24) is 9.21 Å². The molecule has 1 N–H and O–H groups in total. The van der Waals surface area contributed by atoms with Crippen LogP contribution in [0, 0.1) is 0 Å². The minimum atomic E-state index is -3.84. The zero-order valence-corrected chi connectivity index (χ0v) is 17.9. The normalized spacial score (nSPS) is 11.5. The third-order valence-electron chi connectivity index (χ3n) is 4.38. The number of carbonyl (C=O) groups is 2. The molecule has 0 spiro atoms. The van der Waals surface area contributed by atoms with E-state index in [2.05, 4.69) is 5.32 Å². The van der Waals surface area contributed by atoms with E-state index in [0.717, 1.165) is 9.87 Å². The molecule has 0 saturated carbocycles. The fraction of sp³-hybridized carbons (Fsp3) is 0.333. The Labute approximate surface area is 172 Å². The van der Waals surface area contributed by atoms with Gasteiger partial charge in [-0.2, -0.15) is 4.31 Å². The Kier molecular flexibility index (Phi) is 7.53. The first-order valence-electron chi connectivity index (χ1n) is 9.28. The van der Waals surface area contributed by atoms with Crippen LogP contribution < -0.4 is 5.32 Å². The molecule has 8 heteroatoms. The molecule has 156 valence electrons. The summed E-state index contributed by atoms with van der Waals surface area (Å²) >= 11 is 0. The maximum absolute atomic E-state index is 12.8. The van der Waals surface area contributed by atoms with Crippen LogP contribution in [-0.2, 0) is 26.2 Å². The standard InChI is InChI=1S/C21H27N3O4S/c1-16(2)24(14-18-8-6-5-7-9-18)21(26)15-23(4)29(27,28)20-12-10-19(11-13-20)22-17(3)25/h5-13,16H,14-15H2,1-4H3,(H,22,25). The van der Waals surface area contributed by atoms with E-state index in [0.29, 0.717) is 12.2 Å². The third kappa shape index (κ3) is 6.13. The number of benzene rings is 2. The van der Waals surface area contributed by atoms with Gasteiger partial charge >= 0.3 is 0 Å². The van der Waals surface area contributed by atoms with Crippen molar-refractivity contribution < 1.29 is 18.0 Å². The third-order valence-corrected chi connectivity index (χ3v) is 6.20. The van der Waals surface area contributed by atoms with Crippen molar-refractivity contribution in [2.24, 2.45) is 0 Å². The van der Waals surface area contributed by atoms with Crippen molar-refractivity contribution in [2.45, 2.75) is 38.3 Å². The van der Waals surface area contributed by atoms with Crippen molar-refractivity contribution in [3.63, 3.8) is 0 Å². The van der Waals surface area contributed by atoms with Gasteiger partial charge in [0.25, 0.3) is 0 Å². The maximum Gasteiger partial charge on any atom is 0.243 e. The number of nitrogens with one attached hydrogen (secondary N) is 1. The zero-order chi connectivity index (χ0) is 21.6. The molecule has 29 heavy (non-hydrogen) atoms. The lowest BCUT2D eigenvalue weighted by Gasteiger charge is -2.29. The van der Waals surface area contributed by atoms with Crippen LogP contribution in [0.25, 0.3) is 0 Å². The van der Waals surface area contributed by atoms with Crippen molar-refractivity contribution >= 4 is 27.5 Å². The van der Waals surface area contributed by atoms with Crippen LogP contribution in [-0.4, -0.2) is 49.1 Å². The lowest BCUT2D eigenvalue weighted by molar-refractivity contribution is -0.133. The Hall–Kier alpha value is -2.71. The highest BCUT2D eigenvalue weighted by Crippen LogP contribution is 2.18. The number of hydrogen-bond acceptors (Lipinski definition) is 4. The number of anilines is 1. The minimum absolute atomic E-state index is 0.0565. The molecule has 7 nitrogen and oxygen atoms in total. The Morgan fingerprint density at radius 2 is 1.59 bits per heavy atom. The number of carbonyl (C=O) groups excluding carboxylic acids is 2. The van der Waals surface area contributed by atoms with E-state index >= 15 is 0 Å². The lowest BCUT2D eigenvalue weighted by atomic mass is 10.2. The Morgan fingerprint density at radius 3 is 2.10 bits per heavy atom. The van der Waals surface area contributed by atoms with Gasteiger partial charge in [0.1, 0.15) is 0 Å². The highest BCUT2D eigenvalue weighted by atomic mass is 32.2. The topological polar surface area (TPSA) is 86.8 Å². The number of sulfonamides is 1. The Morgan fingerprint density at radius 1 is 1.00 bits per heavy atom. The van der Waals surface area contributed by atoms with E-state index < -0.39 is 10.0 Å². The molecular weight excluding hydrogens is 390 g/mol. The molecule has 0 heterocycles. The monoisotopic (exact) mass is 417 g/mol. The molecule has 0 aliphatic rings. The fourth-order valence-corrected chi connectivity index (χ4v) is 3.92. The molecule has 0 saturated heterocycles. The van der Waals surface area contributed by atoms with Crippen molar-refractivity contribution in [3.05, 3.63) is 60.2 Å². The predicted octanol–water partition coefficient (Wildman–Crippen LogP) is 2.70. The molecule has 2 amide bonds. The van der Waals surface area contributed by atoms with Gasteiger partial charge in [-0.1, -0.05) is 30.3 Å². The molecule has 0 aliphatic carbocycles. The average molecular weight is 418 g/mol. The van der Waals surface area contributed by atoms with Crippen LogP contribution in [0.4, 0.5) is 5.69 Å². The number of nitrogens with zero attached hydrogens (tertiary/aromatic N) is 2. The summed E-state index contributed by atoms with van der Waals surface area (Å²) < 4.78 is 26.7. The SMILES string of the molecule is CC(=O)Nc1ccc(S(=O)(=O)N(C)CC(=O)N(Cc2ccccc2)C(C)C)cc1. The summed E-state index contributed by atoms with van der Waals surface area (Å²) in [7, 11) is -2.45. The maximum atomic E-state index is 12.8. The Balaban J connectivity index is 2.12. The highest BCUT2D eigenvalue weighted by molar-refractivity contribution is 7.89. The summed E-state index contributed by atoms with van der Waals surface area (Å²) in [6.07, 6.45) is 0. The van der Waals surface area contributed by atoms with Crippen LogP contribution in [0.2, 0.25) is 0 Å². The second-order valence-corrected chi connectivity index (χ2v) is 9.11. The van der Waals surface area contributed by atoms with E-state index in [-0.39, 0.29) is 29.3 Å². The molecular formula is C21H27N3O4S. The molecule has 0 aliphatic heterocycles. The first-order chi connectivity index (χ1) is 13.6. The molecule has 0 aromatic heterocycles. The summed E-state index contributed by atoms with van der Waals surface area (Å²) in [6, 6.07) is 15.3. The molecule has 0 bridgehead atoms. The quantitative estimate of drug-likeness (QED) is 0.715. The highest BCUT2D eigenvalue weighted by Gasteiger charge is 2.26. The van der Waals surface area contributed by atoms with Crippen LogP contribution in [0.1, 0.15) is 26.3 Å². The van der Waals surface area contributed by atoms with Gasteiger partial charge in [0.15, 0.2) is 0 Å². The minimum Gasteiger partial charge on any atom is -0.335 e. The van der Waals surface area contributed by atoms with Gasteiger partial charge in [0, 0.05) is 32.2 Å². The second kappa shape index (κ2) is 9.67. The number of likely N-dealkylation sites (N-methyl/N-ethyl adjacent to an activating group) is 1. The molecule has 2 aromatic rings. The van der Waals surface area contributed by atoms with Gasteiger partial charge in [-0.15, -0.1) is 0 Å². The van der Waals surface area contributed by atoms with E-state index in [1.165, 1.54) is 38.2 Å². The molecule has 2 rings (SSSR count). The Bertz CT molecular complexity index is 942. The van der Waals surface area contributed by atoms with E-state index in [1.807, 2.05) is 44.2 Å². The van der Waals surface area contributed by atoms with Crippen LogP contribution in [0.15, 0.2) is 59.5 Å². The smallest absolute Gasteiger partial charge is 0.243 e. The summed E-state index contributed by atoms with van der Waals surface area (Å²) in [6.45, 7) is 5.32. The first kappa shape index (κ1) is 22.6. The van der Waals surface area contributed by atoms with Gasteiger partial charge in [-0.25, -0.2) is 8.42 Å². The number of amides is 2. The number of hydrogen-bond donors (Lipinski definition) is 1. The van der Waals surface area contributed by atoms with Crippen molar-refractivity contribution in [3.8, 4) is 0 Å². The van der Waals surface area contributed by atoms with Crippen molar-refractivity contribution in [1.29, 1.82) is 0 Å². The number of rotatable bonds is 8. The van der Waals surface area contributed by atoms with E-state index in [1.54, 1.807) is 4.90 Å². The lowest BCUT2D eigenvalue weighted by Crippen LogP contribution is -2.43. The van der Waals surface area contributed by atoms with Gasteiger partial charge < -0.3 is 10.2 Å². The second-order valence-electron chi connectivity index (χ2n) is 7.07. The van der Waals surface area contributed by atoms with Gasteiger partial charge in [0.2, 0.25) is 21.8 Å². The molecule has 0 radical (unpaired) electrons. The van der Waals surface area contributed by atoms with Crippen molar-refractivity contribution in [2.75, 3.05) is 18.9 Å². The average Bonchev–Trinajstić information content (AvgIpc) is 2.66. The molecule has 0 fully saturated rings. The van der Waals surface area contributed by atoms with Crippen LogP contribution in [0.3, 0.4) is 0 Å². The van der Waals surface area contributed by atoms with Gasteiger partial charge in [-0.05, 0) is 43.7 Å². The zero-order valence-electron chi connectivity index (χ0n) is 17.1. The predicted molar refractivity (Wildman–Crippen MR) is 113 cm³/mol. The fourth-order valence-electron chi connectivity index (χ4n) is 2.80.